The molecular formula is C15H12ClN2O4S+. The van der Waals surface area contributed by atoms with Gasteiger partial charge in [-0.1, -0.05) is 53.8 Å². The number of hydrogen-bond acceptors (Lipinski definition) is 5. The summed E-state index contributed by atoms with van der Waals surface area (Å²) in [5.74, 6) is 0. The van der Waals surface area contributed by atoms with E-state index in [2.05, 4.69) is 63.3 Å². The first-order valence-electron chi connectivity index (χ1n) is 6.52. The fraction of sp³-hybridized carbons (Fsp3) is 0. The molecule has 0 saturated carbocycles. The Kier molecular flexibility index (Phi) is 4.31. The quantitative estimate of drug-likeness (QED) is 0.451. The first kappa shape index (κ1) is 15.9. The molecular weight excluding hydrogens is 340 g/mol. The fourth-order valence-corrected chi connectivity index (χ4v) is 3.28. The number of para-hydroxylation sites is 2. The van der Waals surface area contributed by atoms with Crippen LogP contribution >= 0.6 is 11.3 Å². The van der Waals surface area contributed by atoms with Gasteiger partial charge in [-0.2, -0.15) is 18.4 Å². The topological polar surface area (TPSA) is 109 Å². The van der Waals surface area contributed by atoms with Gasteiger partial charge in [-0.3, -0.25) is 0 Å². The SMILES string of the molecule is [O-][Cl+3]([O-])([O-])O.c1ccc(-c2csc3[nH]c4ccccc4[n+]23)cc1. The summed E-state index contributed by atoms with van der Waals surface area (Å²) < 4.78 is 35.0. The van der Waals surface area contributed by atoms with Crippen LogP contribution in [0.5, 0.6) is 0 Å². The van der Waals surface area contributed by atoms with E-state index in [1.165, 1.54) is 27.3 Å². The fourth-order valence-electron chi connectivity index (χ4n) is 2.35. The Bertz CT molecular complexity index is 925. The molecule has 0 aliphatic carbocycles. The van der Waals surface area contributed by atoms with Gasteiger partial charge in [0.25, 0.3) is 0 Å². The number of hydrogen-bond donors (Lipinski definition) is 2. The number of fused-ring (bicyclic) bond motifs is 3. The van der Waals surface area contributed by atoms with Gasteiger partial charge in [-0.05, 0) is 12.1 Å². The molecule has 4 aromatic rings. The van der Waals surface area contributed by atoms with E-state index < -0.39 is 10.2 Å². The van der Waals surface area contributed by atoms with Crippen LogP contribution in [-0.2, 0) is 0 Å². The minimum atomic E-state index is -4.69. The molecule has 0 bridgehead atoms. The number of aromatic amines is 1. The molecule has 23 heavy (non-hydrogen) atoms. The summed E-state index contributed by atoms with van der Waals surface area (Å²) in [6, 6.07) is 18.9. The first-order valence-corrected chi connectivity index (χ1v) is 8.66. The van der Waals surface area contributed by atoms with E-state index >= 15 is 0 Å². The summed E-state index contributed by atoms with van der Waals surface area (Å²) in [4.78, 5) is 4.63. The van der Waals surface area contributed by atoms with Crippen LogP contribution < -0.4 is 18.4 Å². The van der Waals surface area contributed by atoms with Crippen molar-refractivity contribution in [1.29, 1.82) is 0 Å². The van der Waals surface area contributed by atoms with Crippen LogP contribution in [0.25, 0.3) is 27.3 Å². The highest BCUT2D eigenvalue weighted by molar-refractivity contribution is 7.15. The molecule has 118 valence electrons. The van der Waals surface area contributed by atoms with Crippen LogP contribution in [-0.4, -0.2) is 9.64 Å². The van der Waals surface area contributed by atoms with Crippen molar-refractivity contribution in [3.8, 4) is 11.3 Å². The summed E-state index contributed by atoms with van der Waals surface area (Å²) >= 11 is 1.74. The van der Waals surface area contributed by atoms with Crippen LogP contribution in [0.4, 0.5) is 0 Å². The van der Waals surface area contributed by atoms with Gasteiger partial charge in [-0.15, -0.1) is 0 Å². The maximum absolute atomic E-state index is 8.60. The molecule has 2 aromatic carbocycles. The molecule has 0 unspecified atom stereocenters. The highest BCUT2D eigenvalue weighted by Gasteiger charge is 2.18. The molecule has 0 spiro atoms. The van der Waals surface area contributed by atoms with Gasteiger partial charge in [0, 0.05) is 10.9 Å². The summed E-state index contributed by atoms with van der Waals surface area (Å²) in [6.45, 7) is 0. The maximum atomic E-state index is 8.60. The predicted molar refractivity (Wildman–Crippen MR) is 77.0 cm³/mol. The van der Waals surface area contributed by atoms with Gasteiger partial charge in [0.05, 0.1) is 14.9 Å². The van der Waals surface area contributed by atoms with E-state index in [4.69, 9.17) is 18.6 Å². The van der Waals surface area contributed by atoms with Crippen molar-refractivity contribution in [2.75, 3.05) is 0 Å². The second-order valence-corrected chi connectivity index (χ2v) is 6.32. The second kappa shape index (κ2) is 6.25. The van der Waals surface area contributed by atoms with Crippen molar-refractivity contribution in [2.45, 2.75) is 0 Å². The molecule has 0 radical (unpaired) electrons. The molecule has 8 heteroatoms. The summed E-state index contributed by atoms with van der Waals surface area (Å²) in [7, 11) is -4.69. The van der Waals surface area contributed by atoms with Crippen molar-refractivity contribution < 1.29 is 33.3 Å². The summed E-state index contributed by atoms with van der Waals surface area (Å²) in [5.41, 5.74) is 4.90. The lowest BCUT2D eigenvalue weighted by atomic mass is 10.2. The summed E-state index contributed by atoms with van der Waals surface area (Å²) in [6.07, 6.45) is 0. The number of nitrogens with one attached hydrogen (secondary N) is 1. The van der Waals surface area contributed by atoms with Gasteiger partial charge in [-0.25, -0.2) is 4.98 Å². The molecule has 0 amide bonds. The lowest BCUT2D eigenvalue weighted by Gasteiger charge is -2.03. The van der Waals surface area contributed by atoms with Crippen molar-refractivity contribution in [2.24, 2.45) is 0 Å². The van der Waals surface area contributed by atoms with Gasteiger partial charge >= 0.3 is 4.96 Å². The van der Waals surface area contributed by atoms with Gasteiger partial charge in [0.1, 0.15) is 0 Å². The molecule has 0 fully saturated rings. The van der Waals surface area contributed by atoms with E-state index in [1.54, 1.807) is 11.3 Å². The Morgan fingerprint density at radius 3 is 2.26 bits per heavy atom. The predicted octanol–water partition coefficient (Wildman–Crippen LogP) is -0.489. The van der Waals surface area contributed by atoms with E-state index in [1.807, 2.05) is 6.07 Å². The second-order valence-electron chi connectivity index (χ2n) is 4.67. The largest absolute Gasteiger partial charge is 0.344 e. The minimum Gasteiger partial charge on any atom is -0.227 e. The Hall–Kier alpha value is -2.00. The van der Waals surface area contributed by atoms with E-state index in [9.17, 15) is 0 Å². The Labute approximate surface area is 137 Å². The Balaban J connectivity index is 0.000000276. The third-order valence-electron chi connectivity index (χ3n) is 3.18. The molecule has 6 nitrogen and oxygen atoms in total. The van der Waals surface area contributed by atoms with Crippen molar-refractivity contribution >= 4 is 27.3 Å². The Morgan fingerprint density at radius 1 is 0.957 bits per heavy atom. The van der Waals surface area contributed by atoms with Gasteiger partial charge in [0.15, 0.2) is 16.7 Å². The lowest BCUT2D eigenvalue weighted by molar-refractivity contribution is -1.92. The number of thiazole rings is 1. The van der Waals surface area contributed by atoms with E-state index in [0.29, 0.717) is 0 Å². The number of H-pyrrole nitrogens is 1. The van der Waals surface area contributed by atoms with Crippen LogP contribution in [0, 0.1) is 10.2 Å². The molecule has 4 rings (SSSR count). The average molecular weight is 352 g/mol. The third kappa shape index (κ3) is 3.67. The lowest BCUT2D eigenvalue weighted by Crippen LogP contribution is -2.58. The number of halogens is 1. The first-order chi connectivity index (χ1) is 10.9. The molecule has 0 aliphatic rings. The zero-order chi connectivity index (χ0) is 16.4. The number of nitrogens with zero attached hydrogens (tertiary/aromatic N) is 1. The zero-order valence-electron chi connectivity index (χ0n) is 11.7. The molecule has 0 saturated heterocycles. The smallest absolute Gasteiger partial charge is 0.227 e. The third-order valence-corrected chi connectivity index (χ3v) is 4.03. The molecule has 2 N–H and O–H groups in total. The molecule has 0 atom stereocenters. The van der Waals surface area contributed by atoms with Crippen LogP contribution in [0.15, 0.2) is 60.0 Å². The highest BCUT2D eigenvalue weighted by Crippen LogP contribution is 2.23. The normalized spacial score (nSPS) is 11.5. The van der Waals surface area contributed by atoms with Crippen LogP contribution in [0.3, 0.4) is 0 Å². The van der Waals surface area contributed by atoms with Crippen molar-refractivity contribution in [1.82, 2.24) is 4.98 Å². The maximum Gasteiger partial charge on any atom is 0.344 e. The van der Waals surface area contributed by atoms with Crippen LogP contribution in [0.1, 0.15) is 0 Å². The van der Waals surface area contributed by atoms with Gasteiger partial charge in [0.2, 0.25) is 0 Å². The number of imidazole rings is 1. The summed E-state index contributed by atoms with van der Waals surface area (Å²) in [5, 5.41) is 2.20. The minimum absolute atomic E-state index is 1.18. The zero-order valence-corrected chi connectivity index (χ0v) is 13.3. The Morgan fingerprint density at radius 2 is 1.57 bits per heavy atom. The number of aromatic nitrogens is 2. The van der Waals surface area contributed by atoms with Gasteiger partial charge < -0.3 is 0 Å². The number of rotatable bonds is 1. The standard InChI is InChI=1S/C15H10N2S.ClHO4/c1-2-6-11(7-3-1)14-10-18-15-16-12-8-4-5-9-13(12)17(14)15;2-1(3,4)5/h1-10H;(H,2,3,4,5)/p+1. The monoisotopic (exact) mass is 351 g/mol. The van der Waals surface area contributed by atoms with Crippen molar-refractivity contribution in [3.63, 3.8) is 0 Å². The average Bonchev–Trinajstić information content (AvgIpc) is 3.05. The highest BCUT2D eigenvalue weighted by atomic mass is 35.7. The van der Waals surface area contributed by atoms with E-state index in [-0.39, 0.29) is 0 Å². The molecule has 2 aromatic heterocycles. The van der Waals surface area contributed by atoms with Crippen molar-refractivity contribution in [3.05, 3.63) is 60.0 Å². The molecule has 0 aliphatic heterocycles. The molecule has 2 heterocycles. The number of benzene rings is 2. The van der Waals surface area contributed by atoms with E-state index in [0.717, 1.165) is 0 Å². The van der Waals surface area contributed by atoms with Crippen LogP contribution in [0.2, 0.25) is 0 Å².